The number of rotatable bonds is 4. The molecule has 4 atom stereocenters. The molecule has 2 rings (SSSR count). The van der Waals surface area contributed by atoms with Crippen molar-refractivity contribution in [2.24, 2.45) is 5.92 Å². The van der Waals surface area contributed by atoms with Gasteiger partial charge in [-0.05, 0) is 57.1 Å². The highest BCUT2D eigenvalue weighted by Gasteiger charge is 2.40. The maximum Gasteiger partial charge on any atom is 0.407 e. The number of nitrogens with two attached hydrogens (primary N) is 1. The van der Waals surface area contributed by atoms with Gasteiger partial charge < -0.3 is 15.8 Å². The van der Waals surface area contributed by atoms with E-state index in [9.17, 15) is 13.2 Å². The molecule has 8 nitrogen and oxygen atoms in total. The summed E-state index contributed by atoms with van der Waals surface area (Å²) in [6, 6.07) is 1.32. The first kappa shape index (κ1) is 21.4. The fraction of sp³-hybridized carbons (Fsp3) is 0.667. The quantitative estimate of drug-likeness (QED) is 0.746. The molecule has 0 spiro atoms. The van der Waals surface area contributed by atoms with Crippen molar-refractivity contribution >= 4 is 21.9 Å². The number of pyridine rings is 1. The van der Waals surface area contributed by atoms with E-state index < -0.39 is 34.0 Å². The zero-order chi connectivity index (χ0) is 20.4. The molecular formula is C18H29N3O5S. The van der Waals surface area contributed by atoms with Crippen LogP contribution in [0.5, 0.6) is 0 Å². The van der Waals surface area contributed by atoms with Gasteiger partial charge >= 0.3 is 6.09 Å². The summed E-state index contributed by atoms with van der Waals surface area (Å²) in [5.41, 5.74) is 6.91. The van der Waals surface area contributed by atoms with Gasteiger partial charge in [-0.1, -0.05) is 6.92 Å². The maximum absolute atomic E-state index is 12.3. The third-order valence-electron chi connectivity index (χ3n) is 4.47. The average Bonchev–Trinajstić information content (AvgIpc) is 2.48. The number of alkyl carbamates (subject to hydrolysis) is 1. The molecule has 1 fully saturated rings. The van der Waals surface area contributed by atoms with Gasteiger partial charge in [0.15, 0.2) is 0 Å². The lowest BCUT2D eigenvalue weighted by atomic mass is 9.74. The topological polar surface area (TPSA) is 121 Å². The largest absolute Gasteiger partial charge is 0.444 e. The molecule has 1 aliphatic carbocycles. The average molecular weight is 400 g/mol. The van der Waals surface area contributed by atoms with Crippen LogP contribution in [0, 0.1) is 5.92 Å². The monoisotopic (exact) mass is 399 g/mol. The van der Waals surface area contributed by atoms with E-state index in [0.717, 1.165) is 11.8 Å². The second-order valence-electron chi connectivity index (χ2n) is 8.17. The fourth-order valence-corrected chi connectivity index (χ4v) is 4.25. The number of carbonyl (C=O) groups excluding carboxylic acids is 1. The highest BCUT2D eigenvalue weighted by atomic mass is 32.2. The molecule has 0 saturated heterocycles. The van der Waals surface area contributed by atoms with Gasteiger partial charge in [-0.3, -0.25) is 9.17 Å². The molecule has 1 amide bonds. The summed E-state index contributed by atoms with van der Waals surface area (Å²) in [5, 5.41) is 2.79. The van der Waals surface area contributed by atoms with E-state index in [2.05, 4.69) is 10.3 Å². The van der Waals surface area contributed by atoms with Gasteiger partial charge in [-0.25, -0.2) is 4.79 Å². The Morgan fingerprint density at radius 2 is 2.00 bits per heavy atom. The van der Waals surface area contributed by atoms with Crippen molar-refractivity contribution in [3.8, 4) is 0 Å². The van der Waals surface area contributed by atoms with Crippen LogP contribution >= 0.6 is 0 Å². The number of amides is 1. The molecule has 1 aromatic rings. The predicted molar refractivity (Wildman–Crippen MR) is 103 cm³/mol. The van der Waals surface area contributed by atoms with Crippen molar-refractivity contribution in [3.63, 3.8) is 0 Å². The van der Waals surface area contributed by atoms with Crippen molar-refractivity contribution in [1.82, 2.24) is 10.3 Å². The minimum absolute atomic E-state index is 0.0438. The molecule has 3 N–H and O–H groups in total. The van der Waals surface area contributed by atoms with E-state index in [-0.39, 0.29) is 11.8 Å². The van der Waals surface area contributed by atoms with Crippen molar-refractivity contribution in [3.05, 3.63) is 24.0 Å². The van der Waals surface area contributed by atoms with E-state index >= 15 is 0 Å². The SMILES string of the molecule is CC1CC(c2ccncc2N)CC(NC(=O)OC(C)(C)C)C1OS(C)(=O)=O. The summed E-state index contributed by atoms with van der Waals surface area (Å²) >= 11 is 0. The normalized spacial score (nSPS) is 26.4. The minimum atomic E-state index is -3.68. The number of anilines is 1. The molecule has 27 heavy (non-hydrogen) atoms. The Morgan fingerprint density at radius 1 is 1.33 bits per heavy atom. The van der Waals surface area contributed by atoms with E-state index in [0.29, 0.717) is 18.5 Å². The smallest absolute Gasteiger partial charge is 0.407 e. The summed E-state index contributed by atoms with van der Waals surface area (Å²) < 4.78 is 34.1. The molecule has 0 radical (unpaired) electrons. The highest BCUT2D eigenvalue weighted by molar-refractivity contribution is 7.86. The number of aromatic nitrogens is 1. The van der Waals surface area contributed by atoms with Crippen molar-refractivity contribution in [2.45, 2.75) is 64.2 Å². The van der Waals surface area contributed by atoms with Gasteiger partial charge in [0.1, 0.15) is 5.60 Å². The van der Waals surface area contributed by atoms with Gasteiger partial charge in [0.2, 0.25) is 0 Å². The summed E-state index contributed by atoms with van der Waals surface area (Å²) in [7, 11) is -3.68. The number of carbonyl (C=O) groups is 1. The Labute approximate surface area is 161 Å². The Bertz CT molecular complexity index is 775. The summed E-state index contributed by atoms with van der Waals surface area (Å²) in [6.07, 6.45) is 4.16. The van der Waals surface area contributed by atoms with Gasteiger partial charge in [-0.15, -0.1) is 0 Å². The third-order valence-corrected chi connectivity index (χ3v) is 5.04. The molecule has 1 saturated carbocycles. The second kappa shape index (κ2) is 8.02. The van der Waals surface area contributed by atoms with Crippen molar-refractivity contribution < 1.29 is 22.1 Å². The van der Waals surface area contributed by atoms with Crippen LogP contribution in [-0.4, -0.2) is 43.5 Å². The van der Waals surface area contributed by atoms with Gasteiger partial charge in [0, 0.05) is 6.20 Å². The summed E-state index contributed by atoms with van der Waals surface area (Å²) in [6.45, 7) is 7.20. The van der Waals surface area contributed by atoms with Crippen molar-refractivity contribution in [1.29, 1.82) is 0 Å². The highest BCUT2D eigenvalue weighted by Crippen LogP contribution is 2.40. The Hall–Kier alpha value is -1.87. The molecule has 1 heterocycles. The van der Waals surface area contributed by atoms with Crippen LogP contribution in [0.2, 0.25) is 0 Å². The standard InChI is InChI=1S/C18H29N3O5S/c1-11-8-12(13-6-7-20-10-14(13)19)9-15(16(11)26-27(5,23)24)21-17(22)25-18(2,3)4/h6-7,10-12,15-16H,8-9,19H2,1-5H3,(H,21,22). The molecule has 9 heteroatoms. The molecule has 4 unspecified atom stereocenters. The molecule has 0 aromatic carbocycles. The van der Waals surface area contributed by atoms with Gasteiger partial charge in [0.25, 0.3) is 10.1 Å². The van der Waals surface area contributed by atoms with Crippen LogP contribution in [0.1, 0.15) is 52.0 Å². The molecular weight excluding hydrogens is 370 g/mol. The van der Waals surface area contributed by atoms with Crippen LogP contribution in [0.25, 0.3) is 0 Å². The number of nitrogens with zero attached hydrogens (tertiary/aromatic N) is 1. The predicted octanol–water partition coefficient (Wildman–Crippen LogP) is 2.42. The fourth-order valence-electron chi connectivity index (χ4n) is 3.52. The van der Waals surface area contributed by atoms with Gasteiger partial charge in [-0.2, -0.15) is 8.42 Å². The number of hydrogen-bond donors (Lipinski definition) is 2. The summed E-state index contributed by atoms with van der Waals surface area (Å²) in [4.78, 5) is 16.3. The Kier molecular flexibility index (Phi) is 6.36. The van der Waals surface area contributed by atoms with E-state index in [1.807, 2.05) is 13.0 Å². The minimum Gasteiger partial charge on any atom is -0.444 e. The van der Waals surface area contributed by atoms with Crippen LogP contribution in [0.3, 0.4) is 0 Å². The first-order valence-electron chi connectivity index (χ1n) is 8.93. The zero-order valence-electron chi connectivity index (χ0n) is 16.4. The Morgan fingerprint density at radius 3 is 2.56 bits per heavy atom. The molecule has 152 valence electrons. The van der Waals surface area contributed by atoms with Crippen LogP contribution in [-0.2, 0) is 19.0 Å². The number of ether oxygens (including phenoxy) is 1. The van der Waals surface area contributed by atoms with Crippen LogP contribution in [0.4, 0.5) is 10.5 Å². The van der Waals surface area contributed by atoms with Crippen molar-refractivity contribution in [2.75, 3.05) is 12.0 Å². The maximum atomic E-state index is 12.3. The van der Waals surface area contributed by atoms with E-state index in [1.54, 1.807) is 33.2 Å². The van der Waals surface area contributed by atoms with E-state index in [4.69, 9.17) is 14.7 Å². The number of nitrogens with one attached hydrogen (secondary N) is 1. The first-order valence-corrected chi connectivity index (χ1v) is 10.7. The molecule has 1 aromatic heterocycles. The molecule has 0 aliphatic heterocycles. The molecule has 1 aliphatic rings. The number of hydrogen-bond acceptors (Lipinski definition) is 7. The number of nitrogen functional groups attached to an aromatic ring is 1. The third kappa shape index (κ3) is 6.35. The lowest BCUT2D eigenvalue weighted by Crippen LogP contribution is -2.52. The van der Waals surface area contributed by atoms with Crippen LogP contribution in [0.15, 0.2) is 18.5 Å². The molecule has 0 bridgehead atoms. The Balaban J connectivity index is 2.26. The summed E-state index contributed by atoms with van der Waals surface area (Å²) in [5.74, 6) is -0.0756. The lowest BCUT2D eigenvalue weighted by molar-refractivity contribution is 0.0295. The first-order chi connectivity index (χ1) is 12.4. The van der Waals surface area contributed by atoms with Crippen LogP contribution < -0.4 is 11.1 Å². The lowest BCUT2D eigenvalue weighted by Gasteiger charge is -2.40. The zero-order valence-corrected chi connectivity index (χ0v) is 17.2. The van der Waals surface area contributed by atoms with Gasteiger partial charge in [0.05, 0.1) is 30.3 Å². The van der Waals surface area contributed by atoms with E-state index in [1.165, 1.54) is 0 Å². The second-order valence-corrected chi connectivity index (χ2v) is 9.77.